The Balaban J connectivity index is 1.53. The first-order valence-corrected chi connectivity index (χ1v) is 20.2. The zero-order valence-electron chi connectivity index (χ0n) is 34.4. The van der Waals surface area contributed by atoms with Gasteiger partial charge >= 0.3 is 5.97 Å². The van der Waals surface area contributed by atoms with Crippen molar-refractivity contribution in [3.63, 3.8) is 0 Å². The molecule has 298 valence electrons. The minimum Gasteiger partial charge on any atom is -0.481 e. The van der Waals surface area contributed by atoms with Crippen LogP contribution in [0.4, 0.5) is 4.39 Å². The second-order valence-electron chi connectivity index (χ2n) is 20.5. The number of aromatic nitrogens is 3. The van der Waals surface area contributed by atoms with Gasteiger partial charge in [-0.05, 0) is 96.2 Å². The largest absolute Gasteiger partial charge is 0.481 e. The molecule has 0 radical (unpaired) electrons. The van der Waals surface area contributed by atoms with Gasteiger partial charge in [0.25, 0.3) is 5.91 Å². The van der Waals surface area contributed by atoms with Crippen molar-refractivity contribution in [2.75, 3.05) is 33.0 Å². The summed E-state index contributed by atoms with van der Waals surface area (Å²) in [6, 6.07) is -0.376. The van der Waals surface area contributed by atoms with Gasteiger partial charge in [0.05, 0.1) is 37.9 Å². The Hall–Kier alpha value is -2.37. The Bertz CT molecular complexity index is 1600. The number of halogens is 1. The second-order valence-corrected chi connectivity index (χ2v) is 20.5. The first kappa shape index (κ1) is 40.3. The highest BCUT2D eigenvalue weighted by Crippen LogP contribution is 2.75. The molecule has 1 aromatic heterocycles. The fourth-order valence-corrected chi connectivity index (χ4v) is 12.5. The van der Waals surface area contributed by atoms with Crippen LogP contribution in [0.2, 0.25) is 0 Å². The van der Waals surface area contributed by atoms with Gasteiger partial charge in [-0.25, -0.2) is 14.1 Å². The van der Waals surface area contributed by atoms with Gasteiger partial charge in [0.15, 0.2) is 0 Å². The summed E-state index contributed by atoms with van der Waals surface area (Å²) in [6.07, 6.45) is 8.43. The summed E-state index contributed by atoms with van der Waals surface area (Å²) >= 11 is 0. The number of allylic oxidation sites excluding steroid dienone is 1. The molecule has 5 aliphatic rings. The van der Waals surface area contributed by atoms with Crippen molar-refractivity contribution in [2.24, 2.45) is 67.8 Å². The molecule has 0 aromatic carbocycles. The number of carbonyl (C=O) groups excluding carboxylic acids is 1. The topological polar surface area (TPSA) is 142 Å². The average Bonchev–Trinajstić information content (AvgIpc) is 3.56. The molecule has 12 atom stereocenters. The normalized spacial score (nSPS) is 41.3. The standard InChI is InChI=1S/C42H68FN5O5/c1-25(2)26(3)38(8)16-17-39(9)27-12-13-30-37(7)20-29(48-33(46-24-47-48)34(49)45-19-18-43)32(53-22-41(11,44)36(4,5)6)42(30,23-52-21-37)28(27)14-15-40(39,10)31(38)35(50)51/h14,24-27,29-32H,12-13,15-23,44H2,1-11H3,(H,45,49)(H,50,51)/t26-,27+,29-,30-,31-,32+,37-,38-,39-,40+,41+,42+/m1/s1. The first-order chi connectivity index (χ1) is 24.6. The number of nitrogens with one attached hydrogen (secondary N) is 1. The number of alkyl halides is 1. The van der Waals surface area contributed by atoms with Crippen LogP contribution >= 0.6 is 0 Å². The van der Waals surface area contributed by atoms with Crippen LogP contribution in [0.15, 0.2) is 18.0 Å². The number of hydrogen-bond donors (Lipinski definition) is 3. The maximum Gasteiger partial charge on any atom is 0.307 e. The van der Waals surface area contributed by atoms with Crippen LogP contribution in [-0.4, -0.2) is 76.4 Å². The molecule has 1 aromatic rings. The molecule has 11 heteroatoms. The zero-order chi connectivity index (χ0) is 39.2. The summed E-state index contributed by atoms with van der Waals surface area (Å²) in [5.41, 5.74) is 5.51. The number of nitrogens with two attached hydrogens (primary N) is 1. The highest BCUT2D eigenvalue weighted by Gasteiger charge is 2.73. The molecule has 4 aliphatic carbocycles. The number of nitrogens with zero attached hydrogens (tertiary/aromatic N) is 3. The minimum atomic E-state index is -0.682. The predicted octanol–water partition coefficient (Wildman–Crippen LogP) is 7.26. The predicted molar refractivity (Wildman–Crippen MR) is 203 cm³/mol. The molecule has 1 amide bonds. The lowest BCUT2D eigenvalue weighted by Gasteiger charge is -2.71. The average molecular weight is 742 g/mol. The number of rotatable bonds is 10. The molecule has 4 fully saturated rings. The van der Waals surface area contributed by atoms with Gasteiger partial charge < -0.3 is 25.6 Å². The summed E-state index contributed by atoms with van der Waals surface area (Å²) < 4.78 is 28.9. The van der Waals surface area contributed by atoms with Gasteiger partial charge in [-0.3, -0.25) is 9.59 Å². The van der Waals surface area contributed by atoms with Gasteiger partial charge in [0.2, 0.25) is 5.82 Å². The van der Waals surface area contributed by atoms with Crippen LogP contribution in [0.5, 0.6) is 0 Å². The van der Waals surface area contributed by atoms with E-state index >= 15 is 0 Å². The van der Waals surface area contributed by atoms with E-state index < -0.39 is 46.9 Å². The summed E-state index contributed by atoms with van der Waals surface area (Å²) in [4.78, 5) is 31.4. The van der Waals surface area contributed by atoms with Crippen LogP contribution in [0.1, 0.15) is 131 Å². The van der Waals surface area contributed by atoms with E-state index in [-0.39, 0.29) is 64.4 Å². The minimum absolute atomic E-state index is 0.108. The quantitative estimate of drug-likeness (QED) is 0.213. The lowest BCUT2D eigenvalue weighted by Crippen LogP contribution is -2.70. The lowest BCUT2D eigenvalue weighted by molar-refractivity contribution is -0.255. The highest BCUT2D eigenvalue weighted by molar-refractivity contribution is 5.90. The number of ether oxygens (including phenoxy) is 2. The van der Waals surface area contributed by atoms with Crippen LogP contribution < -0.4 is 11.1 Å². The fourth-order valence-electron chi connectivity index (χ4n) is 12.5. The van der Waals surface area contributed by atoms with E-state index in [1.165, 1.54) is 11.9 Å². The van der Waals surface area contributed by atoms with Gasteiger partial charge in [0, 0.05) is 17.5 Å². The summed E-state index contributed by atoms with van der Waals surface area (Å²) in [5.74, 6) is -0.523. The Labute approximate surface area is 317 Å². The third-order valence-electron chi connectivity index (χ3n) is 16.8. The molecule has 0 unspecified atom stereocenters. The van der Waals surface area contributed by atoms with Gasteiger partial charge in [-0.15, -0.1) is 0 Å². The Kier molecular flexibility index (Phi) is 10.2. The molecule has 0 spiro atoms. The molecule has 1 saturated heterocycles. The van der Waals surface area contributed by atoms with Gasteiger partial charge in [-0.1, -0.05) is 80.9 Å². The van der Waals surface area contributed by atoms with Crippen LogP contribution in [0, 0.1) is 62.1 Å². The van der Waals surface area contributed by atoms with Crippen molar-refractivity contribution in [3.8, 4) is 0 Å². The summed E-state index contributed by atoms with van der Waals surface area (Å²) in [6.45, 7) is 24.9. The van der Waals surface area contributed by atoms with Crippen molar-refractivity contribution in [3.05, 3.63) is 23.8 Å². The Morgan fingerprint density at radius 2 is 1.81 bits per heavy atom. The van der Waals surface area contributed by atoms with E-state index in [4.69, 9.17) is 15.2 Å². The van der Waals surface area contributed by atoms with Crippen molar-refractivity contribution >= 4 is 11.9 Å². The smallest absolute Gasteiger partial charge is 0.307 e. The van der Waals surface area contributed by atoms with E-state index in [1.807, 2.05) is 6.92 Å². The number of aliphatic carboxylic acids is 1. The van der Waals surface area contributed by atoms with E-state index in [0.717, 1.165) is 25.7 Å². The van der Waals surface area contributed by atoms with Crippen LogP contribution in [-0.2, 0) is 14.3 Å². The van der Waals surface area contributed by atoms with Crippen molar-refractivity contribution in [2.45, 2.75) is 132 Å². The number of amides is 1. The molecule has 2 bridgehead atoms. The molecular formula is C42H68FN5O5. The van der Waals surface area contributed by atoms with E-state index in [0.29, 0.717) is 32.0 Å². The number of carbonyl (C=O) groups is 2. The third kappa shape index (κ3) is 5.86. The van der Waals surface area contributed by atoms with E-state index in [2.05, 4.69) is 90.7 Å². The van der Waals surface area contributed by atoms with E-state index in [9.17, 15) is 19.1 Å². The number of carboxylic acids is 1. The fraction of sp³-hybridized carbons (Fsp3) is 0.857. The maximum atomic E-state index is 13.6. The maximum absolute atomic E-state index is 13.6. The van der Waals surface area contributed by atoms with E-state index in [1.54, 1.807) is 4.68 Å². The Morgan fingerprint density at radius 3 is 2.43 bits per heavy atom. The van der Waals surface area contributed by atoms with Crippen LogP contribution in [0.25, 0.3) is 0 Å². The Morgan fingerprint density at radius 1 is 1.11 bits per heavy atom. The summed E-state index contributed by atoms with van der Waals surface area (Å²) in [5, 5.41) is 18.5. The zero-order valence-corrected chi connectivity index (χ0v) is 34.4. The monoisotopic (exact) mass is 742 g/mol. The van der Waals surface area contributed by atoms with Crippen molar-refractivity contribution < 1.29 is 28.6 Å². The first-order valence-electron chi connectivity index (χ1n) is 20.2. The molecule has 2 heterocycles. The molecule has 3 saturated carbocycles. The number of hydrogen-bond acceptors (Lipinski definition) is 7. The van der Waals surface area contributed by atoms with Crippen molar-refractivity contribution in [1.29, 1.82) is 0 Å². The lowest BCUT2D eigenvalue weighted by atomic mass is 9.34. The van der Waals surface area contributed by atoms with Gasteiger partial charge in [-0.2, -0.15) is 5.10 Å². The van der Waals surface area contributed by atoms with Gasteiger partial charge in [0.1, 0.15) is 13.0 Å². The number of fused-ring (bicyclic) bond motifs is 3. The SMILES string of the molecule is CC(C)[C@@H](C)[C@@]1(C)CC[C@]2(C)[C@H]3CC[C@@H]4[C@@]5(C)COC[C@@]4(C3=CC[C@@]2(C)[C@@H]1C(=O)O)[C@@H](OC[C@](C)(N)C(C)(C)C)[C@H](n1ncnc1C(=O)NCCF)C5. The molecule has 1 aliphatic heterocycles. The van der Waals surface area contributed by atoms with Crippen molar-refractivity contribution in [1.82, 2.24) is 20.1 Å². The second kappa shape index (κ2) is 13.4. The highest BCUT2D eigenvalue weighted by atomic mass is 19.1. The van der Waals surface area contributed by atoms with Crippen LogP contribution in [0.3, 0.4) is 0 Å². The molecular weight excluding hydrogens is 673 g/mol. The molecule has 53 heavy (non-hydrogen) atoms. The summed E-state index contributed by atoms with van der Waals surface area (Å²) in [7, 11) is 0. The molecule has 10 nitrogen and oxygen atoms in total. The number of carboxylic acid groups (broad SMARTS) is 1. The molecule has 6 rings (SSSR count). The molecule has 4 N–H and O–H groups in total. The third-order valence-corrected chi connectivity index (χ3v) is 16.8.